The maximum Gasteiger partial charge on any atom is 0.230 e. The molecule has 0 atom stereocenters. The van der Waals surface area contributed by atoms with Crippen LogP contribution in [0.5, 0.6) is 5.88 Å². The van der Waals surface area contributed by atoms with Crippen molar-refractivity contribution in [3.63, 3.8) is 0 Å². The van der Waals surface area contributed by atoms with Gasteiger partial charge < -0.3 is 14.8 Å². The number of nitrogens with one attached hydrogen (secondary N) is 1. The molecule has 1 aromatic rings. The number of aryl methyl sites for hydroxylation is 1. The lowest BCUT2D eigenvalue weighted by atomic mass is 9.88. The number of hydrogen-bond donors (Lipinski definition) is 1. The molecule has 0 unspecified atom stereocenters. The van der Waals surface area contributed by atoms with Crippen LogP contribution in [0.3, 0.4) is 0 Å². The summed E-state index contributed by atoms with van der Waals surface area (Å²) < 4.78 is 10.4. The van der Waals surface area contributed by atoms with Gasteiger partial charge in [0.1, 0.15) is 6.61 Å². The van der Waals surface area contributed by atoms with E-state index in [1.807, 2.05) is 19.9 Å². The summed E-state index contributed by atoms with van der Waals surface area (Å²) in [6.45, 7) is 4.90. The molecule has 116 valence electrons. The number of rotatable bonds is 6. The third-order valence-electron chi connectivity index (χ3n) is 4.10. The third kappa shape index (κ3) is 3.94. The third-order valence-corrected chi connectivity index (χ3v) is 4.10. The smallest absolute Gasteiger partial charge is 0.230 e. The lowest BCUT2D eigenvalue weighted by molar-refractivity contribution is -0.124. The second-order valence-corrected chi connectivity index (χ2v) is 5.85. The molecule has 0 spiro atoms. The van der Waals surface area contributed by atoms with Crippen LogP contribution in [0.2, 0.25) is 0 Å². The minimum absolute atomic E-state index is 0.0953. The van der Waals surface area contributed by atoms with Gasteiger partial charge in [0.2, 0.25) is 11.8 Å². The van der Waals surface area contributed by atoms with Crippen LogP contribution in [-0.4, -0.2) is 31.2 Å². The van der Waals surface area contributed by atoms with Crippen molar-refractivity contribution in [1.29, 1.82) is 0 Å². The Balaban J connectivity index is 1.99. The van der Waals surface area contributed by atoms with Gasteiger partial charge >= 0.3 is 0 Å². The fraction of sp³-hybridized carbons (Fsp3) is 0.625. The van der Waals surface area contributed by atoms with Gasteiger partial charge in [-0.3, -0.25) is 4.79 Å². The van der Waals surface area contributed by atoms with Gasteiger partial charge in [0, 0.05) is 18.6 Å². The number of nitrogens with zero attached hydrogens (tertiary/aromatic N) is 1. The van der Waals surface area contributed by atoms with Gasteiger partial charge in [0.25, 0.3) is 0 Å². The monoisotopic (exact) mass is 292 g/mol. The standard InChI is InChI=1S/C16H24N2O3/c1-12-13(6-7-14(17-12)21-11-10-20-3)18-15(19)16(2)8-4-5-9-16/h6-7H,4-5,8-11H2,1-3H3,(H,18,19). The summed E-state index contributed by atoms with van der Waals surface area (Å²) in [5.41, 5.74) is 1.28. The van der Waals surface area contributed by atoms with Gasteiger partial charge in [-0.05, 0) is 25.8 Å². The van der Waals surface area contributed by atoms with E-state index in [1.54, 1.807) is 13.2 Å². The van der Waals surface area contributed by atoms with E-state index in [2.05, 4.69) is 10.3 Å². The predicted molar refractivity (Wildman–Crippen MR) is 81.5 cm³/mol. The van der Waals surface area contributed by atoms with E-state index in [0.717, 1.165) is 37.1 Å². The fourth-order valence-electron chi connectivity index (χ4n) is 2.64. The summed E-state index contributed by atoms with van der Waals surface area (Å²) in [5, 5.41) is 3.01. The first-order valence-corrected chi connectivity index (χ1v) is 7.46. The summed E-state index contributed by atoms with van der Waals surface area (Å²) in [5.74, 6) is 0.646. The second-order valence-electron chi connectivity index (χ2n) is 5.85. The van der Waals surface area contributed by atoms with Crippen LogP contribution in [0.1, 0.15) is 38.3 Å². The first-order chi connectivity index (χ1) is 10.0. The van der Waals surface area contributed by atoms with Gasteiger partial charge in [-0.25, -0.2) is 4.98 Å². The number of methoxy groups -OCH3 is 1. The Morgan fingerprint density at radius 1 is 1.33 bits per heavy atom. The highest BCUT2D eigenvalue weighted by molar-refractivity contribution is 5.95. The van der Waals surface area contributed by atoms with Crippen LogP contribution < -0.4 is 10.1 Å². The lowest BCUT2D eigenvalue weighted by Crippen LogP contribution is -2.31. The molecule has 0 bridgehead atoms. The average Bonchev–Trinajstić information content (AvgIpc) is 2.90. The minimum Gasteiger partial charge on any atom is -0.475 e. The molecule has 5 heteroatoms. The average molecular weight is 292 g/mol. The zero-order chi connectivity index (χ0) is 15.3. The summed E-state index contributed by atoms with van der Waals surface area (Å²) in [7, 11) is 1.63. The van der Waals surface area contributed by atoms with Crippen LogP contribution in [0.15, 0.2) is 12.1 Å². The topological polar surface area (TPSA) is 60.5 Å². The van der Waals surface area contributed by atoms with Gasteiger partial charge in [0.15, 0.2) is 0 Å². The summed E-state index contributed by atoms with van der Waals surface area (Å²) in [6, 6.07) is 3.62. The maximum absolute atomic E-state index is 12.4. The van der Waals surface area contributed by atoms with Crippen molar-refractivity contribution in [2.45, 2.75) is 39.5 Å². The largest absolute Gasteiger partial charge is 0.475 e. The molecule has 0 aromatic carbocycles. The van der Waals surface area contributed by atoms with Crippen molar-refractivity contribution in [3.05, 3.63) is 17.8 Å². The minimum atomic E-state index is -0.236. The molecule has 1 aliphatic carbocycles. The highest BCUT2D eigenvalue weighted by Crippen LogP contribution is 2.38. The Morgan fingerprint density at radius 2 is 2.05 bits per heavy atom. The number of ether oxygens (including phenoxy) is 2. The number of anilines is 1. The molecule has 1 aliphatic rings. The summed E-state index contributed by atoms with van der Waals surface area (Å²) in [4.78, 5) is 16.8. The zero-order valence-electron chi connectivity index (χ0n) is 13.1. The number of pyridine rings is 1. The van der Waals surface area contributed by atoms with Crippen molar-refractivity contribution in [2.75, 3.05) is 25.6 Å². The lowest BCUT2D eigenvalue weighted by Gasteiger charge is -2.22. The van der Waals surface area contributed by atoms with Crippen molar-refractivity contribution >= 4 is 11.6 Å². The van der Waals surface area contributed by atoms with Crippen molar-refractivity contribution in [3.8, 4) is 5.88 Å². The van der Waals surface area contributed by atoms with E-state index in [0.29, 0.717) is 19.1 Å². The molecule has 2 rings (SSSR count). The highest BCUT2D eigenvalue weighted by Gasteiger charge is 2.36. The Bertz CT molecular complexity index is 496. The van der Waals surface area contributed by atoms with Crippen LogP contribution in [0.25, 0.3) is 0 Å². The van der Waals surface area contributed by atoms with Crippen molar-refractivity contribution in [2.24, 2.45) is 5.41 Å². The van der Waals surface area contributed by atoms with E-state index in [4.69, 9.17) is 9.47 Å². The van der Waals surface area contributed by atoms with Gasteiger partial charge in [-0.1, -0.05) is 19.8 Å². The van der Waals surface area contributed by atoms with Gasteiger partial charge in [0.05, 0.1) is 18.0 Å². The molecule has 0 radical (unpaired) electrons. The molecule has 0 saturated heterocycles. The Hall–Kier alpha value is -1.62. The van der Waals surface area contributed by atoms with Gasteiger partial charge in [-0.15, -0.1) is 0 Å². The molecule has 1 N–H and O–H groups in total. The normalized spacial score (nSPS) is 16.7. The Morgan fingerprint density at radius 3 is 2.67 bits per heavy atom. The molecule has 5 nitrogen and oxygen atoms in total. The summed E-state index contributed by atoms with van der Waals surface area (Å²) >= 11 is 0. The Labute approximate surface area is 126 Å². The molecule has 1 saturated carbocycles. The van der Waals surface area contributed by atoms with E-state index in [9.17, 15) is 4.79 Å². The molecule has 1 heterocycles. The van der Waals surface area contributed by atoms with E-state index in [1.165, 1.54) is 0 Å². The van der Waals surface area contributed by atoms with E-state index < -0.39 is 0 Å². The predicted octanol–water partition coefficient (Wildman–Crippen LogP) is 2.93. The van der Waals surface area contributed by atoms with E-state index in [-0.39, 0.29) is 11.3 Å². The SMILES string of the molecule is COCCOc1ccc(NC(=O)C2(C)CCCC2)c(C)n1. The first kappa shape index (κ1) is 15.8. The maximum atomic E-state index is 12.4. The van der Waals surface area contributed by atoms with Crippen LogP contribution in [0.4, 0.5) is 5.69 Å². The first-order valence-electron chi connectivity index (χ1n) is 7.46. The fourth-order valence-corrected chi connectivity index (χ4v) is 2.64. The van der Waals surface area contributed by atoms with Gasteiger partial charge in [-0.2, -0.15) is 0 Å². The van der Waals surface area contributed by atoms with E-state index >= 15 is 0 Å². The molecule has 1 aromatic heterocycles. The highest BCUT2D eigenvalue weighted by atomic mass is 16.5. The zero-order valence-corrected chi connectivity index (χ0v) is 13.1. The second kappa shape index (κ2) is 6.89. The molecular weight excluding hydrogens is 268 g/mol. The quantitative estimate of drug-likeness (QED) is 0.819. The number of carbonyl (C=O) groups is 1. The van der Waals surface area contributed by atoms with Crippen LogP contribution in [-0.2, 0) is 9.53 Å². The molecule has 0 aliphatic heterocycles. The molecule has 21 heavy (non-hydrogen) atoms. The molecule has 1 amide bonds. The number of hydrogen-bond acceptors (Lipinski definition) is 4. The van der Waals surface area contributed by atoms with Crippen molar-refractivity contribution < 1.29 is 14.3 Å². The summed E-state index contributed by atoms with van der Waals surface area (Å²) in [6.07, 6.45) is 4.19. The molecular formula is C16H24N2O3. The molecule has 1 fully saturated rings. The number of amides is 1. The van der Waals surface area contributed by atoms with Crippen molar-refractivity contribution in [1.82, 2.24) is 4.98 Å². The number of carbonyl (C=O) groups excluding carboxylic acids is 1. The van der Waals surface area contributed by atoms with Crippen LogP contribution >= 0.6 is 0 Å². The Kier molecular flexibility index (Phi) is 5.17. The van der Waals surface area contributed by atoms with Crippen LogP contribution in [0, 0.1) is 12.3 Å². The number of aromatic nitrogens is 1.